The van der Waals surface area contributed by atoms with Crippen LogP contribution in [0.1, 0.15) is 25.5 Å². The zero-order chi connectivity index (χ0) is 14.3. The van der Waals surface area contributed by atoms with Crippen LogP contribution in [0.4, 0.5) is 8.78 Å². The molecule has 2 N–H and O–H groups in total. The van der Waals surface area contributed by atoms with E-state index in [-0.39, 0.29) is 10.0 Å². The van der Waals surface area contributed by atoms with E-state index in [1.807, 2.05) is 0 Å². The van der Waals surface area contributed by atoms with Crippen LogP contribution in [0.15, 0.2) is 16.6 Å². The number of halogens is 3. The molecule has 0 saturated carbocycles. The van der Waals surface area contributed by atoms with E-state index in [9.17, 15) is 17.2 Å². The number of sulfone groups is 1. The second-order valence-corrected chi connectivity index (χ2v) is 8.09. The predicted octanol–water partition coefficient (Wildman–Crippen LogP) is 2.55. The van der Waals surface area contributed by atoms with Gasteiger partial charge in [0, 0.05) is 11.8 Å². The van der Waals surface area contributed by atoms with Crippen LogP contribution >= 0.6 is 15.9 Å². The van der Waals surface area contributed by atoms with Gasteiger partial charge < -0.3 is 5.73 Å². The molecule has 0 fully saturated rings. The third-order valence-corrected chi connectivity index (χ3v) is 5.85. The van der Waals surface area contributed by atoms with Gasteiger partial charge in [-0.2, -0.15) is 0 Å². The molecule has 0 aliphatic carbocycles. The number of rotatable bonds is 3. The first kappa shape index (κ1) is 15.5. The Balaban J connectivity index is 3.36. The SMILES string of the molecule is CC(C)(C(N)c1cc(F)c(Br)cc1F)S(C)(=O)=O. The van der Waals surface area contributed by atoms with Gasteiger partial charge in [-0.05, 0) is 41.9 Å². The van der Waals surface area contributed by atoms with E-state index >= 15 is 0 Å². The number of nitrogens with two attached hydrogens (primary N) is 1. The van der Waals surface area contributed by atoms with Crippen molar-refractivity contribution in [1.82, 2.24) is 0 Å². The molecule has 0 radical (unpaired) electrons. The molecule has 0 spiro atoms. The molecule has 0 saturated heterocycles. The van der Waals surface area contributed by atoms with Crippen molar-refractivity contribution in [1.29, 1.82) is 0 Å². The molecule has 0 aromatic heterocycles. The van der Waals surface area contributed by atoms with Gasteiger partial charge in [0.25, 0.3) is 0 Å². The molecule has 1 unspecified atom stereocenters. The lowest BCUT2D eigenvalue weighted by atomic mass is 9.95. The molecular formula is C11H14BrF2NO2S. The van der Waals surface area contributed by atoms with E-state index in [2.05, 4.69) is 15.9 Å². The fraction of sp³-hybridized carbons (Fsp3) is 0.455. The smallest absolute Gasteiger partial charge is 0.154 e. The Labute approximate surface area is 113 Å². The summed E-state index contributed by atoms with van der Waals surface area (Å²) >= 11 is 2.85. The summed E-state index contributed by atoms with van der Waals surface area (Å²) in [7, 11) is -3.52. The minimum absolute atomic E-state index is 0.0342. The van der Waals surface area contributed by atoms with Gasteiger partial charge in [0.15, 0.2) is 9.84 Å². The van der Waals surface area contributed by atoms with Gasteiger partial charge >= 0.3 is 0 Å². The van der Waals surface area contributed by atoms with Crippen molar-refractivity contribution < 1.29 is 17.2 Å². The van der Waals surface area contributed by atoms with E-state index in [4.69, 9.17) is 5.73 Å². The molecule has 1 aromatic carbocycles. The molecule has 3 nitrogen and oxygen atoms in total. The minimum Gasteiger partial charge on any atom is -0.323 e. The summed E-state index contributed by atoms with van der Waals surface area (Å²) in [6.07, 6.45) is 1.01. The highest BCUT2D eigenvalue weighted by Crippen LogP contribution is 2.33. The van der Waals surface area contributed by atoms with Crippen LogP contribution in [0, 0.1) is 11.6 Å². The van der Waals surface area contributed by atoms with Crippen molar-refractivity contribution in [3.8, 4) is 0 Å². The maximum Gasteiger partial charge on any atom is 0.154 e. The van der Waals surface area contributed by atoms with Crippen LogP contribution in [0.25, 0.3) is 0 Å². The molecule has 7 heteroatoms. The largest absolute Gasteiger partial charge is 0.323 e. The number of hydrogen-bond donors (Lipinski definition) is 1. The van der Waals surface area contributed by atoms with Crippen LogP contribution in [-0.4, -0.2) is 19.4 Å². The van der Waals surface area contributed by atoms with Crippen molar-refractivity contribution in [2.75, 3.05) is 6.26 Å². The van der Waals surface area contributed by atoms with Gasteiger partial charge in [0.2, 0.25) is 0 Å². The lowest BCUT2D eigenvalue weighted by Crippen LogP contribution is -2.42. The topological polar surface area (TPSA) is 60.2 Å². The van der Waals surface area contributed by atoms with Crippen molar-refractivity contribution in [3.05, 3.63) is 33.8 Å². The van der Waals surface area contributed by atoms with Gasteiger partial charge in [-0.25, -0.2) is 17.2 Å². The van der Waals surface area contributed by atoms with Crippen molar-refractivity contribution in [2.45, 2.75) is 24.6 Å². The summed E-state index contributed by atoms with van der Waals surface area (Å²) in [5, 5.41) is 0. The lowest BCUT2D eigenvalue weighted by Gasteiger charge is -2.30. The average Bonchev–Trinajstić information content (AvgIpc) is 2.20. The molecule has 1 aromatic rings. The zero-order valence-electron chi connectivity index (χ0n) is 10.2. The predicted molar refractivity (Wildman–Crippen MR) is 69.9 cm³/mol. The minimum atomic E-state index is -3.52. The van der Waals surface area contributed by atoms with Gasteiger partial charge in [-0.1, -0.05) is 0 Å². The third kappa shape index (κ3) is 2.73. The maximum atomic E-state index is 13.7. The average molecular weight is 342 g/mol. The summed E-state index contributed by atoms with van der Waals surface area (Å²) in [5.41, 5.74) is 5.62. The highest BCUT2D eigenvalue weighted by atomic mass is 79.9. The molecule has 0 heterocycles. The monoisotopic (exact) mass is 341 g/mol. The fourth-order valence-corrected chi connectivity index (χ4v) is 2.29. The van der Waals surface area contributed by atoms with E-state index in [1.165, 1.54) is 13.8 Å². The summed E-state index contributed by atoms with van der Waals surface area (Å²) in [6, 6.07) is 0.690. The molecule has 0 aliphatic heterocycles. The van der Waals surface area contributed by atoms with Gasteiger partial charge in [0.05, 0.1) is 15.3 Å². The maximum absolute atomic E-state index is 13.7. The molecule has 102 valence electrons. The first-order chi connectivity index (χ1) is 7.98. The Bertz CT molecular complexity index is 573. The Morgan fingerprint density at radius 2 is 1.78 bits per heavy atom. The van der Waals surface area contributed by atoms with E-state index in [1.54, 1.807) is 0 Å². The van der Waals surface area contributed by atoms with Gasteiger partial charge in [0.1, 0.15) is 11.6 Å². The molecular weight excluding hydrogens is 328 g/mol. The number of hydrogen-bond acceptors (Lipinski definition) is 3. The van der Waals surface area contributed by atoms with Gasteiger partial charge in [-0.15, -0.1) is 0 Å². The van der Waals surface area contributed by atoms with Crippen LogP contribution in [0.3, 0.4) is 0 Å². The van der Waals surface area contributed by atoms with Crippen LogP contribution < -0.4 is 5.73 Å². The number of benzene rings is 1. The van der Waals surface area contributed by atoms with Crippen molar-refractivity contribution in [2.24, 2.45) is 5.73 Å². The second-order valence-electron chi connectivity index (χ2n) is 4.64. The molecule has 1 atom stereocenters. The van der Waals surface area contributed by atoms with Crippen molar-refractivity contribution in [3.63, 3.8) is 0 Å². The Kier molecular flexibility index (Phi) is 4.19. The summed E-state index contributed by atoms with van der Waals surface area (Å²) in [6.45, 7) is 2.76. The van der Waals surface area contributed by atoms with E-state index < -0.39 is 32.3 Å². The fourth-order valence-electron chi connectivity index (χ4n) is 1.38. The molecule has 0 bridgehead atoms. The Morgan fingerprint density at radius 1 is 1.28 bits per heavy atom. The van der Waals surface area contributed by atoms with E-state index in [0.717, 1.165) is 18.4 Å². The van der Waals surface area contributed by atoms with E-state index in [0.29, 0.717) is 0 Å². The molecule has 1 rings (SSSR count). The first-order valence-electron chi connectivity index (χ1n) is 5.08. The zero-order valence-corrected chi connectivity index (χ0v) is 12.6. The Hall–Kier alpha value is -0.530. The molecule has 0 aliphatic rings. The lowest BCUT2D eigenvalue weighted by molar-refractivity contribution is 0.474. The molecule has 0 amide bonds. The highest BCUT2D eigenvalue weighted by Gasteiger charge is 2.39. The second kappa shape index (κ2) is 4.86. The van der Waals surface area contributed by atoms with Crippen LogP contribution in [-0.2, 0) is 9.84 Å². The summed E-state index contributed by atoms with van der Waals surface area (Å²) in [5.74, 6) is -1.43. The standard InChI is InChI=1S/C11H14BrF2NO2S/c1-11(2,18(3,16)17)10(15)6-4-9(14)7(12)5-8(6)13/h4-5,10H,15H2,1-3H3. The highest BCUT2D eigenvalue weighted by molar-refractivity contribution is 9.10. The first-order valence-corrected chi connectivity index (χ1v) is 7.76. The van der Waals surface area contributed by atoms with Crippen LogP contribution in [0.2, 0.25) is 0 Å². The quantitative estimate of drug-likeness (QED) is 0.859. The molecule has 18 heavy (non-hydrogen) atoms. The summed E-state index contributed by atoms with van der Waals surface area (Å²) < 4.78 is 48.9. The normalized spacial score (nSPS) is 14.6. The van der Waals surface area contributed by atoms with Crippen LogP contribution in [0.5, 0.6) is 0 Å². The summed E-state index contributed by atoms with van der Waals surface area (Å²) in [4.78, 5) is 0. The van der Waals surface area contributed by atoms with Gasteiger partial charge in [-0.3, -0.25) is 0 Å². The Morgan fingerprint density at radius 3 is 2.22 bits per heavy atom. The third-order valence-electron chi connectivity index (χ3n) is 3.08. The van der Waals surface area contributed by atoms with Crippen molar-refractivity contribution >= 4 is 25.8 Å².